The molecule has 21 heavy (non-hydrogen) atoms. The number of aromatic nitrogens is 2. The molecule has 110 valence electrons. The number of benzene rings is 1. The fraction of sp³-hybridized carbons (Fsp3) is 0.412. The molecule has 1 aromatic carbocycles. The highest BCUT2D eigenvalue weighted by molar-refractivity contribution is 5.80. The number of fused-ring (bicyclic) bond motifs is 1. The number of amides is 1. The summed E-state index contributed by atoms with van der Waals surface area (Å²) >= 11 is 0. The fourth-order valence-electron chi connectivity index (χ4n) is 2.97. The van der Waals surface area contributed by atoms with Gasteiger partial charge < -0.3 is 9.47 Å². The standard InChI is InChI=1S/C17H21N3O/c1-12(2)16-18-8-9-20(16)13(3)17(21)19-10-14-6-4-5-7-15(14)11-19/h4-9,12-13H,10-11H2,1-3H3. The highest BCUT2D eigenvalue weighted by atomic mass is 16.2. The van der Waals surface area contributed by atoms with Crippen LogP contribution in [-0.4, -0.2) is 20.4 Å². The number of hydrogen-bond donors (Lipinski definition) is 0. The van der Waals surface area contributed by atoms with Gasteiger partial charge >= 0.3 is 0 Å². The Labute approximate surface area is 125 Å². The van der Waals surface area contributed by atoms with E-state index in [-0.39, 0.29) is 11.9 Å². The van der Waals surface area contributed by atoms with Crippen molar-refractivity contribution in [3.05, 3.63) is 53.6 Å². The summed E-state index contributed by atoms with van der Waals surface area (Å²) in [5.41, 5.74) is 2.51. The average Bonchev–Trinajstić information content (AvgIpc) is 3.11. The van der Waals surface area contributed by atoms with E-state index in [1.54, 1.807) is 6.20 Å². The third kappa shape index (κ3) is 2.46. The lowest BCUT2D eigenvalue weighted by Gasteiger charge is -2.23. The lowest BCUT2D eigenvalue weighted by Crippen LogP contribution is -2.32. The van der Waals surface area contributed by atoms with E-state index in [0.717, 1.165) is 5.82 Å². The Morgan fingerprint density at radius 3 is 2.33 bits per heavy atom. The smallest absolute Gasteiger partial charge is 0.245 e. The van der Waals surface area contributed by atoms with Crippen LogP contribution in [0, 0.1) is 0 Å². The Morgan fingerprint density at radius 2 is 1.76 bits per heavy atom. The van der Waals surface area contributed by atoms with Gasteiger partial charge in [-0.15, -0.1) is 0 Å². The largest absolute Gasteiger partial charge is 0.332 e. The van der Waals surface area contributed by atoms with Gasteiger partial charge in [-0.25, -0.2) is 4.98 Å². The fourth-order valence-corrected chi connectivity index (χ4v) is 2.97. The van der Waals surface area contributed by atoms with Crippen LogP contribution in [0.1, 0.15) is 49.7 Å². The third-order valence-corrected chi connectivity index (χ3v) is 4.14. The summed E-state index contributed by atoms with van der Waals surface area (Å²) in [7, 11) is 0. The van der Waals surface area contributed by atoms with Crippen LogP contribution < -0.4 is 0 Å². The number of carbonyl (C=O) groups excluding carboxylic acids is 1. The van der Waals surface area contributed by atoms with Gasteiger partial charge in [0.25, 0.3) is 0 Å². The molecule has 1 unspecified atom stereocenters. The number of rotatable bonds is 3. The molecule has 1 aromatic heterocycles. The van der Waals surface area contributed by atoms with Crippen LogP contribution in [0.5, 0.6) is 0 Å². The summed E-state index contributed by atoms with van der Waals surface area (Å²) in [4.78, 5) is 19.1. The molecule has 0 radical (unpaired) electrons. The minimum atomic E-state index is -0.209. The molecule has 0 saturated carbocycles. The minimum Gasteiger partial charge on any atom is -0.332 e. The molecule has 0 aliphatic carbocycles. The molecule has 1 aliphatic rings. The number of nitrogens with zero attached hydrogens (tertiary/aromatic N) is 3. The van der Waals surface area contributed by atoms with Crippen LogP contribution in [0.15, 0.2) is 36.7 Å². The van der Waals surface area contributed by atoms with E-state index in [2.05, 4.69) is 31.0 Å². The van der Waals surface area contributed by atoms with Gasteiger partial charge in [0.1, 0.15) is 11.9 Å². The van der Waals surface area contributed by atoms with Crippen molar-refractivity contribution in [2.24, 2.45) is 0 Å². The maximum atomic E-state index is 12.8. The van der Waals surface area contributed by atoms with Gasteiger partial charge in [-0.3, -0.25) is 4.79 Å². The van der Waals surface area contributed by atoms with Crippen LogP contribution in [0.25, 0.3) is 0 Å². The number of hydrogen-bond acceptors (Lipinski definition) is 2. The van der Waals surface area contributed by atoms with Gasteiger partial charge in [0.15, 0.2) is 0 Å². The van der Waals surface area contributed by atoms with Crippen LogP contribution in [0.3, 0.4) is 0 Å². The van der Waals surface area contributed by atoms with Crippen molar-refractivity contribution >= 4 is 5.91 Å². The van der Waals surface area contributed by atoms with Crippen LogP contribution in [0.4, 0.5) is 0 Å². The van der Waals surface area contributed by atoms with Crippen LogP contribution >= 0.6 is 0 Å². The lowest BCUT2D eigenvalue weighted by atomic mass is 10.1. The molecule has 0 spiro atoms. The van der Waals surface area contributed by atoms with E-state index < -0.39 is 0 Å². The molecule has 4 heteroatoms. The first kappa shape index (κ1) is 13.9. The SMILES string of the molecule is CC(C)c1nccn1C(C)C(=O)N1Cc2ccccc2C1. The Balaban J connectivity index is 1.79. The maximum Gasteiger partial charge on any atom is 0.245 e. The van der Waals surface area contributed by atoms with Crippen molar-refractivity contribution in [1.29, 1.82) is 0 Å². The first-order valence-corrected chi connectivity index (χ1v) is 7.46. The Bertz CT molecular complexity index is 635. The van der Waals surface area contributed by atoms with Crippen molar-refractivity contribution in [3.8, 4) is 0 Å². The summed E-state index contributed by atoms with van der Waals surface area (Å²) in [5, 5.41) is 0. The molecule has 2 aromatic rings. The molecule has 4 nitrogen and oxygen atoms in total. The van der Waals surface area contributed by atoms with Gasteiger partial charge in [-0.1, -0.05) is 38.1 Å². The summed E-state index contributed by atoms with van der Waals surface area (Å²) in [6.07, 6.45) is 3.68. The van der Waals surface area contributed by atoms with Crippen molar-refractivity contribution < 1.29 is 4.79 Å². The average molecular weight is 283 g/mol. The van der Waals surface area contributed by atoms with E-state index in [4.69, 9.17) is 0 Å². The zero-order chi connectivity index (χ0) is 15.0. The molecular formula is C17H21N3O. The molecule has 1 amide bonds. The topological polar surface area (TPSA) is 38.1 Å². The summed E-state index contributed by atoms with van der Waals surface area (Å²) < 4.78 is 2.00. The number of carbonyl (C=O) groups is 1. The zero-order valence-electron chi connectivity index (χ0n) is 12.8. The zero-order valence-corrected chi connectivity index (χ0v) is 12.8. The van der Waals surface area contributed by atoms with E-state index >= 15 is 0 Å². The monoisotopic (exact) mass is 283 g/mol. The maximum absolute atomic E-state index is 12.8. The molecule has 0 N–H and O–H groups in total. The molecular weight excluding hydrogens is 262 g/mol. The Hall–Kier alpha value is -2.10. The summed E-state index contributed by atoms with van der Waals surface area (Å²) in [6.45, 7) is 7.58. The molecule has 3 rings (SSSR count). The number of imidazole rings is 1. The van der Waals surface area contributed by atoms with Crippen LogP contribution in [-0.2, 0) is 17.9 Å². The minimum absolute atomic E-state index is 0.158. The van der Waals surface area contributed by atoms with Gasteiger partial charge in [0.05, 0.1) is 0 Å². The van der Waals surface area contributed by atoms with E-state index in [1.165, 1.54) is 11.1 Å². The predicted molar refractivity (Wildman–Crippen MR) is 81.7 cm³/mol. The first-order chi connectivity index (χ1) is 10.1. The summed E-state index contributed by atoms with van der Waals surface area (Å²) in [6, 6.07) is 8.05. The molecule has 0 saturated heterocycles. The van der Waals surface area contributed by atoms with Gasteiger partial charge in [-0.05, 0) is 18.1 Å². The second-order valence-corrected chi connectivity index (χ2v) is 5.99. The molecule has 0 fully saturated rings. The third-order valence-electron chi connectivity index (χ3n) is 4.14. The van der Waals surface area contributed by atoms with Crippen molar-refractivity contribution in [2.45, 2.75) is 45.8 Å². The second-order valence-electron chi connectivity index (χ2n) is 5.99. The van der Waals surface area contributed by atoms with E-state index in [1.807, 2.05) is 34.7 Å². The molecule has 1 atom stereocenters. The van der Waals surface area contributed by atoms with E-state index in [0.29, 0.717) is 19.0 Å². The lowest BCUT2D eigenvalue weighted by molar-refractivity contribution is -0.135. The van der Waals surface area contributed by atoms with Gasteiger partial charge in [0, 0.05) is 31.4 Å². The van der Waals surface area contributed by atoms with Gasteiger partial charge in [0.2, 0.25) is 5.91 Å². The molecule has 1 aliphatic heterocycles. The highest BCUT2D eigenvalue weighted by Gasteiger charge is 2.28. The van der Waals surface area contributed by atoms with Crippen molar-refractivity contribution in [3.63, 3.8) is 0 Å². The van der Waals surface area contributed by atoms with Gasteiger partial charge in [-0.2, -0.15) is 0 Å². The predicted octanol–water partition coefficient (Wildman–Crippen LogP) is 3.11. The Kier molecular flexibility index (Phi) is 3.53. The molecule has 0 bridgehead atoms. The Morgan fingerprint density at radius 1 is 1.14 bits per heavy atom. The van der Waals surface area contributed by atoms with E-state index in [9.17, 15) is 4.79 Å². The first-order valence-electron chi connectivity index (χ1n) is 7.46. The van der Waals surface area contributed by atoms with Crippen molar-refractivity contribution in [2.75, 3.05) is 0 Å². The van der Waals surface area contributed by atoms with Crippen LogP contribution in [0.2, 0.25) is 0 Å². The highest BCUT2D eigenvalue weighted by Crippen LogP contribution is 2.26. The summed E-state index contributed by atoms with van der Waals surface area (Å²) in [5.74, 6) is 1.43. The quantitative estimate of drug-likeness (QED) is 0.868. The normalized spacial score (nSPS) is 15.3. The van der Waals surface area contributed by atoms with Crippen molar-refractivity contribution in [1.82, 2.24) is 14.5 Å². The second kappa shape index (κ2) is 5.35. The molecule has 2 heterocycles.